The highest BCUT2D eigenvalue weighted by atomic mass is 32.2. The second kappa shape index (κ2) is 7.18. The summed E-state index contributed by atoms with van der Waals surface area (Å²) in [6, 6.07) is 5.17. The van der Waals surface area contributed by atoms with Crippen molar-refractivity contribution in [2.75, 3.05) is 16.4 Å². The highest BCUT2D eigenvalue weighted by Gasteiger charge is 2.23. The van der Waals surface area contributed by atoms with Crippen LogP contribution in [0, 0.1) is 13.8 Å². The fraction of sp³-hybridized carbons (Fsp3) is 0.353. The summed E-state index contributed by atoms with van der Waals surface area (Å²) in [5.41, 5.74) is 3.05. The van der Waals surface area contributed by atoms with Gasteiger partial charge in [-0.3, -0.25) is 9.59 Å². The van der Waals surface area contributed by atoms with E-state index in [1.165, 1.54) is 11.8 Å². The summed E-state index contributed by atoms with van der Waals surface area (Å²) in [6.45, 7) is 5.43. The number of thioether (sulfide) groups is 1. The van der Waals surface area contributed by atoms with Crippen LogP contribution in [0.1, 0.15) is 23.9 Å². The van der Waals surface area contributed by atoms with Crippen molar-refractivity contribution in [3.8, 4) is 5.75 Å². The fourth-order valence-electron chi connectivity index (χ4n) is 2.44. The van der Waals surface area contributed by atoms with Crippen LogP contribution < -0.4 is 15.4 Å². The van der Waals surface area contributed by atoms with E-state index in [9.17, 15) is 9.59 Å². The van der Waals surface area contributed by atoms with Crippen molar-refractivity contribution in [3.05, 3.63) is 35.2 Å². The third-order valence-corrected chi connectivity index (χ3v) is 4.81. The molecule has 2 aromatic rings. The molecule has 0 saturated heterocycles. The van der Waals surface area contributed by atoms with Crippen molar-refractivity contribution in [2.24, 2.45) is 0 Å². The topological polar surface area (TPSA) is 93.5 Å². The summed E-state index contributed by atoms with van der Waals surface area (Å²) in [4.78, 5) is 23.8. The first-order valence-corrected chi connectivity index (χ1v) is 9.00. The van der Waals surface area contributed by atoms with E-state index in [1.54, 1.807) is 25.1 Å². The molecule has 25 heavy (non-hydrogen) atoms. The van der Waals surface area contributed by atoms with Crippen LogP contribution in [0.15, 0.2) is 22.7 Å². The number of nitrogens with zero attached hydrogens (tertiary/aromatic N) is 1. The van der Waals surface area contributed by atoms with Crippen molar-refractivity contribution < 1.29 is 18.8 Å². The molecule has 0 unspecified atom stereocenters. The molecule has 2 amide bonds. The molecular formula is C17H19N3O4S. The zero-order valence-electron chi connectivity index (χ0n) is 14.2. The Bertz CT molecular complexity index is 799. The number of fused-ring (bicyclic) bond motifs is 1. The van der Waals surface area contributed by atoms with Crippen LogP contribution >= 0.6 is 11.8 Å². The maximum Gasteiger partial charge on any atom is 0.265 e. The molecule has 2 heterocycles. The Morgan fingerprint density at radius 1 is 1.40 bits per heavy atom. The SMILES string of the molecule is Cc1noc(C)c1CSCC(=O)Nc1ccc2c(c1)NC(=O)[C@H](C)O2. The zero-order valence-corrected chi connectivity index (χ0v) is 15.0. The van der Waals surface area contributed by atoms with Crippen LogP contribution in [-0.2, 0) is 15.3 Å². The Labute approximate surface area is 149 Å². The molecule has 1 aliphatic heterocycles. The van der Waals surface area contributed by atoms with E-state index in [0.717, 1.165) is 17.0 Å². The highest BCUT2D eigenvalue weighted by molar-refractivity contribution is 7.99. The van der Waals surface area contributed by atoms with Gasteiger partial charge >= 0.3 is 0 Å². The second-order valence-corrected chi connectivity index (χ2v) is 6.79. The number of amides is 2. The Morgan fingerprint density at radius 3 is 2.92 bits per heavy atom. The summed E-state index contributed by atoms with van der Waals surface area (Å²) in [6.07, 6.45) is -0.520. The van der Waals surface area contributed by atoms with Gasteiger partial charge in [0.15, 0.2) is 6.10 Å². The van der Waals surface area contributed by atoms with Crippen molar-refractivity contribution >= 4 is 35.0 Å². The number of carbonyl (C=O) groups excluding carboxylic acids is 2. The van der Waals surface area contributed by atoms with Crippen molar-refractivity contribution in [1.29, 1.82) is 0 Å². The molecule has 0 spiro atoms. The number of rotatable bonds is 5. The van der Waals surface area contributed by atoms with Gasteiger partial charge in [0.2, 0.25) is 5.91 Å². The van der Waals surface area contributed by atoms with E-state index in [0.29, 0.717) is 28.6 Å². The van der Waals surface area contributed by atoms with Gasteiger partial charge in [-0.1, -0.05) is 5.16 Å². The average Bonchev–Trinajstić information content (AvgIpc) is 2.88. The molecule has 0 bridgehead atoms. The minimum absolute atomic E-state index is 0.117. The standard InChI is InChI=1S/C17H19N3O4S/c1-9-13(10(2)24-20-9)7-25-8-16(21)18-12-4-5-15-14(6-12)19-17(22)11(3)23-15/h4-6,11H,7-8H2,1-3H3,(H,18,21)(H,19,22)/t11-/m0/s1. The molecule has 2 N–H and O–H groups in total. The summed E-state index contributed by atoms with van der Waals surface area (Å²) in [5.74, 6) is 2.03. The van der Waals surface area contributed by atoms with Crippen LogP contribution in [0.2, 0.25) is 0 Å². The van der Waals surface area contributed by atoms with E-state index < -0.39 is 6.10 Å². The van der Waals surface area contributed by atoms with Crippen LogP contribution in [-0.4, -0.2) is 28.8 Å². The van der Waals surface area contributed by atoms with E-state index in [1.807, 2.05) is 13.8 Å². The summed E-state index contributed by atoms with van der Waals surface area (Å²) >= 11 is 1.49. The van der Waals surface area contributed by atoms with Crippen LogP contribution in [0.5, 0.6) is 5.75 Å². The Hall–Kier alpha value is -2.48. The van der Waals surface area contributed by atoms with Crippen molar-refractivity contribution in [1.82, 2.24) is 5.16 Å². The van der Waals surface area contributed by atoms with Crippen molar-refractivity contribution in [2.45, 2.75) is 32.6 Å². The molecule has 132 valence electrons. The average molecular weight is 361 g/mol. The van der Waals surface area contributed by atoms with Gasteiger partial charge in [0.05, 0.1) is 17.1 Å². The number of aromatic nitrogens is 1. The number of benzene rings is 1. The van der Waals surface area contributed by atoms with Crippen LogP contribution in [0.3, 0.4) is 0 Å². The first kappa shape index (κ1) is 17.3. The number of nitrogens with one attached hydrogen (secondary N) is 2. The minimum atomic E-state index is -0.520. The largest absolute Gasteiger partial charge is 0.479 e. The lowest BCUT2D eigenvalue weighted by Crippen LogP contribution is -2.34. The maximum absolute atomic E-state index is 12.1. The first-order valence-electron chi connectivity index (χ1n) is 7.85. The monoisotopic (exact) mass is 361 g/mol. The molecule has 0 saturated carbocycles. The molecule has 0 fully saturated rings. The molecule has 1 aromatic carbocycles. The smallest absolute Gasteiger partial charge is 0.265 e. The predicted molar refractivity (Wildman–Crippen MR) is 95.9 cm³/mol. The number of ether oxygens (including phenoxy) is 1. The molecule has 7 nitrogen and oxygen atoms in total. The number of hydrogen-bond donors (Lipinski definition) is 2. The summed E-state index contributed by atoms with van der Waals surface area (Å²) in [7, 11) is 0. The Balaban J connectivity index is 1.55. The molecular weight excluding hydrogens is 342 g/mol. The molecule has 1 aliphatic rings. The van der Waals surface area contributed by atoms with Gasteiger partial charge in [-0.2, -0.15) is 0 Å². The number of anilines is 2. The Morgan fingerprint density at radius 2 is 2.20 bits per heavy atom. The molecule has 8 heteroatoms. The molecule has 1 atom stereocenters. The molecule has 1 aromatic heterocycles. The molecule has 0 radical (unpaired) electrons. The van der Waals surface area contributed by atoms with Gasteiger partial charge in [-0.25, -0.2) is 0 Å². The molecule has 0 aliphatic carbocycles. The van der Waals surface area contributed by atoms with E-state index >= 15 is 0 Å². The summed E-state index contributed by atoms with van der Waals surface area (Å²) < 4.78 is 10.6. The zero-order chi connectivity index (χ0) is 18.0. The minimum Gasteiger partial charge on any atom is -0.479 e. The van der Waals surface area contributed by atoms with Gasteiger partial charge in [-0.15, -0.1) is 11.8 Å². The lowest BCUT2D eigenvalue weighted by Gasteiger charge is -2.23. The highest BCUT2D eigenvalue weighted by Crippen LogP contribution is 2.32. The normalized spacial score (nSPS) is 16.0. The first-order chi connectivity index (χ1) is 11.9. The molecule has 3 rings (SSSR count). The number of hydrogen-bond acceptors (Lipinski definition) is 6. The lowest BCUT2D eigenvalue weighted by atomic mass is 10.2. The van der Waals surface area contributed by atoms with Crippen molar-refractivity contribution in [3.63, 3.8) is 0 Å². The van der Waals surface area contributed by atoms with Gasteiger partial charge in [0.25, 0.3) is 5.91 Å². The van der Waals surface area contributed by atoms with E-state index in [2.05, 4.69) is 15.8 Å². The van der Waals surface area contributed by atoms with Gasteiger partial charge in [0, 0.05) is 17.0 Å². The number of aryl methyl sites for hydroxylation is 2. The van der Waals surface area contributed by atoms with E-state index in [-0.39, 0.29) is 11.8 Å². The Kier molecular flexibility index (Phi) is 4.98. The predicted octanol–water partition coefficient (Wildman–Crippen LogP) is 2.88. The fourth-order valence-corrected chi connectivity index (χ4v) is 3.41. The quantitative estimate of drug-likeness (QED) is 0.850. The second-order valence-electron chi connectivity index (χ2n) is 5.80. The van der Waals surface area contributed by atoms with Gasteiger partial charge < -0.3 is 19.9 Å². The maximum atomic E-state index is 12.1. The van der Waals surface area contributed by atoms with Crippen LogP contribution in [0.4, 0.5) is 11.4 Å². The lowest BCUT2D eigenvalue weighted by molar-refractivity contribution is -0.122. The van der Waals surface area contributed by atoms with E-state index in [4.69, 9.17) is 9.26 Å². The van der Waals surface area contributed by atoms with Gasteiger partial charge in [0.1, 0.15) is 11.5 Å². The third-order valence-electron chi connectivity index (χ3n) is 3.85. The number of carbonyl (C=O) groups is 2. The summed E-state index contributed by atoms with van der Waals surface area (Å²) in [5, 5.41) is 9.48. The third kappa shape index (κ3) is 3.96. The van der Waals surface area contributed by atoms with Gasteiger partial charge in [-0.05, 0) is 39.0 Å². The van der Waals surface area contributed by atoms with Crippen LogP contribution in [0.25, 0.3) is 0 Å².